The van der Waals surface area contributed by atoms with Crippen molar-refractivity contribution in [3.63, 3.8) is 0 Å². The van der Waals surface area contributed by atoms with E-state index in [0.29, 0.717) is 19.8 Å². The van der Waals surface area contributed by atoms with Crippen molar-refractivity contribution in [1.82, 2.24) is 9.78 Å². The Kier molecular flexibility index (Phi) is 6.07. The quantitative estimate of drug-likeness (QED) is 0.598. The summed E-state index contributed by atoms with van der Waals surface area (Å²) in [5.74, 6) is 1.57. The van der Waals surface area contributed by atoms with E-state index in [0.717, 1.165) is 28.5 Å². The molecule has 1 aromatic carbocycles. The van der Waals surface area contributed by atoms with E-state index in [4.69, 9.17) is 9.47 Å². The lowest BCUT2D eigenvalue weighted by atomic mass is 10.3. The molecule has 2 aromatic heterocycles. The molecule has 0 aliphatic carbocycles. The maximum absolute atomic E-state index is 12.0. The Morgan fingerprint density at radius 2 is 1.65 bits per heavy atom. The first-order valence-electron chi connectivity index (χ1n) is 8.66. The smallest absolute Gasteiger partial charge is 0.266 e. The SMILES string of the molecule is CCCOc1ccc(OCCn2nc(-c3ccc(C)s3)ccc2=O)cc1. The molecule has 0 unspecified atom stereocenters. The van der Waals surface area contributed by atoms with Crippen LogP contribution in [0.25, 0.3) is 10.6 Å². The van der Waals surface area contributed by atoms with Crippen LogP contribution < -0.4 is 15.0 Å². The summed E-state index contributed by atoms with van der Waals surface area (Å²) in [4.78, 5) is 14.3. The number of hydrogen-bond acceptors (Lipinski definition) is 5. The van der Waals surface area contributed by atoms with Gasteiger partial charge in [0.1, 0.15) is 23.8 Å². The van der Waals surface area contributed by atoms with Gasteiger partial charge in [-0.25, -0.2) is 4.68 Å². The van der Waals surface area contributed by atoms with Crippen molar-refractivity contribution < 1.29 is 9.47 Å². The molecule has 26 heavy (non-hydrogen) atoms. The average Bonchev–Trinajstić information content (AvgIpc) is 3.09. The van der Waals surface area contributed by atoms with Crippen molar-refractivity contribution in [1.29, 1.82) is 0 Å². The van der Waals surface area contributed by atoms with Gasteiger partial charge in [0.05, 0.1) is 18.0 Å². The highest BCUT2D eigenvalue weighted by molar-refractivity contribution is 7.15. The predicted molar refractivity (Wildman–Crippen MR) is 104 cm³/mol. The summed E-state index contributed by atoms with van der Waals surface area (Å²) in [6.07, 6.45) is 0.976. The fraction of sp³-hybridized carbons (Fsp3) is 0.300. The van der Waals surface area contributed by atoms with Crippen molar-refractivity contribution in [3.8, 4) is 22.1 Å². The molecule has 3 rings (SSSR count). The normalized spacial score (nSPS) is 10.7. The molecule has 0 fully saturated rings. The highest BCUT2D eigenvalue weighted by Crippen LogP contribution is 2.25. The molecule has 136 valence electrons. The highest BCUT2D eigenvalue weighted by atomic mass is 32.1. The molecular weight excluding hydrogens is 348 g/mol. The van der Waals surface area contributed by atoms with E-state index in [1.165, 1.54) is 9.56 Å². The van der Waals surface area contributed by atoms with Crippen molar-refractivity contribution in [3.05, 3.63) is 63.8 Å². The maximum atomic E-state index is 12.0. The van der Waals surface area contributed by atoms with Crippen molar-refractivity contribution in [2.45, 2.75) is 26.8 Å². The van der Waals surface area contributed by atoms with Gasteiger partial charge in [-0.3, -0.25) is 4.79 Å². The molecule has 0 radical (unpaired) electrons. The first kappa shape index (κ1) is 18.2. The number of nitrogens with zero attached hydrogens (tertiary/aromatic N) is 2. The Bertz CT molecular complexity index is 900. The molecule has 0 aliphatic rings. The minimum Gasteiger partial charge on any atom is -0.494 e. The van der Waals surface area contributed by atoms with Gasteiger partial charge in [-0.05, 0) is 55.8 Å². The zero-order valence-corrected chi connectivity index (χ0v) is 15.8. The van der Waals surface area contributed by atoms with Gasteiger partial charge in [0.2, 0.25) is 0 Å². The monoisotopic (exact) mass is 370 g/mol. The van der Waals surface area contributed by atoms with Crippen LogP contribution in [0, 0.1) is 6.92 Å². The molecule has 0 N–H and O–H groups in total. The van der Waals surface area contributed by atoms with Gasteiger partial charge in [0, 0.05) is 10.9 Å². The zero-order valence-electron chi connectivity index (χ0n) is 15.0. The van der Waals surface area contributed by atoms with Crippen LogP contribution in [0.4, 0.5) is 0 Å². The minimum absolute atomic E-state index is 0.131. The Labute approximate surface area is 156 Å². The topological polar surface area (TPSA) is 53.4 Å². The van der Waals surface area contributed by atoms with Crippen LogP contribution in [-0.2, 0) is 6.54 Å². The van der Waals surface area contributed by atoms with Crippen LogP contribution in [-0.4, -0.2) is 23.0 Å². The maximum Gasteiger partial charge on any atom is 0.266 e. The summed E-state index contributed by atoms with van der Waals surface area (Å²) in [7, 11) is 0. The first-order valence-corrected chi connectivity index (χ1v) is 9.48. The molecule has 0 amide bonds. The van der Waals surface area contributed by atoms with Crippen LogP contribution in [0.5, 0.6) is 11.5 Å². The van der Waals surface area contributed by atoms with Crippen molar-refractivity contribution in [2.75, 3.05) is 13.2 Å². The van der Waals surface area contributed by atoms with Gasteiger partial charge in [0.25, 0.3) is 5.56 Å². The van der Waals surface area contributed by atoms with Gasteiger partial charge in [-0.15, -0.1) is 11.3 Å². The van der Waals surface area contributed by atoms with Crippen LogP contribution in [0.1, 0.15) is 18.2 Å². The van der Waals surface area contributed by atoms with Crippen LogP contribution in [0.2, 0.25) is 0 Å². The molecule has 3 aromatic rings. The second-order valence-electron chi connectivity index (χ2n) is 5.86. The Hall–Kier alpha value is -2.60. The van der Waals surface area contributed by atoms with E-state index < -0.39 is 0 Å². The summed E-state index contributed by atoms with van der Waals surface area (Å²) in [6, 6.07) is 14.9. The lowest BCUT2D eigenvalue weighted by Crippen LogP contribution is -2.25. The van der Waals surface area contributed by atoms with Gasteiger partial charge in [0.15, 0.2) is 0 Å². The van der Waals surface area contributed by atoms with Gasteiger partial charge in [-0.1, -0.05) is 6.92 Å². The third kappa shape index (κ3) is 4.73. The van der Waals surface area contributed by atoms with E-state index in [9.17, 15) is 4.79 Å². The molecule has 0 saturated heterocycles. The first-order chi connectivity index (χ1) is 12.7. The van der Waals surface area contributed by atoms with Crippen molar-refractivity contribution in [2.24, 2.45) is 0 Å². The fourth-order valence-corrected chi connectivity index (χ4v) is 3.25. The standard InChI is InChI=1S/C20H22N2O3S/c1-3-13-24-16-5-7-17(8-6-16)25-14-12-22-20(23)11-9-18(21-22)19-10-4-15(2)26-19/h4-11H,3,12-14H2,1-2H3. The average molecular weight is 370 g/mol. The van der Waals surface area contributed by atoms with Gasteiger partial charge < -0.3 is 9.47 Å². The second-order valence-corrected chi connectivity index (χ2v) is 7.15. The molecule has 5 nitrogen and oxygen atoms in total. The van der Waals surface area contributed by atoms with Crippen molar-refractivity contribution >= 4 is 11.3 Å². The third-order valence-electron chi connectivity index (χ3n) is 3.73. The summed E-state index contributed by atoms with van der Waals surface area (Å²) in [5, 5.41) is 4.45. The van der Waals surface area contributed by atoms with Crippen LogP contribution in [0.3, 0.4) is 0 Å². The lowest BCUT2D eigenvalue weighted by Gasteiger charge is -2.09. The summed E-state index contributed by atoms with van der Waals surface area (Å²) >= 11 is 1.66. The highest BCUT2D eigenvalue weighted by Gasteiger charge is 2.06. The molecule has 6 heteroatoms. The molecule has 2 heterocycles. The van der Waals surface area contributed by atoms with E-state index in [2.05, 4.69) is 18.9 Å². The largest absolute Gasteiger partial charge is 0.494 e. The second kappa shape index (κ2) is 8.67. The Morgan fingerprint density at radius 3 is 2.27 bits per heavy atom. The van der Waals surface area contributed by atoms with Gasteiger partial charge >= 0.3 is 0 Å². The molecule has 0 spiro atoms. The summed E-state index contributed by atoms with van der Waals surface area (Å²) < 4.78 is 12.7. The summed E-state index contributed by atoms with van der Waals surface area (Å²) in [6.45, 7) is 5.59. The fourth-order valence-electron chi connectivity index (χ4n) is 2.41. The molecule has 0 bridgehead atoms. The number of ether oxygens (including phenoxy) is 2. The minimum atomic E-state index is -0.131. The number of thiophene rings is 1. The third-order valence-corrected chi connectivity index (χ3v) is 4.75. The zero-order chi connectivity index (χ0) is 18.4. The van der Waals surface area contributed by atoms with Gasteiger partial charge in [-0.2, -0.15) is 5.10 Å². The van der Waals surface area contributed by atoms with E-state index >= 15 is 0 Å². The van der Waals surface area contributed by atoms with E-state index in [1.54, 1.807) is 23.5 Å². The number of hydrogen-bond donors (Lipinski definition) is 0. The van der Waals surface area contributed by atoms with Crippen LogP contribution >= 0.6 is 11.3 Å². The Balaban J connectivity index is 1.60. The number of aryl methyl sites for hydroxylation is 1. The Morgan fingerprint density at radius 1 is 0.962 bits per heavy atom. The lowest BCUT2D eigenvalue weighted by molar-refractivity contribution is 0.286. The number of aromatic nitrogens is 2. The molecular formula is C20H22N2O3S. The molecule has 0 aliphatic heterocycles. The summed E-state index contributed by atoms with van der Waals surface area (Å²) in [5.41, 5.74) is 0.675. The van der Waals surface area contributed by atoms with E-state index in [1.807, 2.05) is 36.4 Å². The molecule has 0 saturated carbocycles. The number of benzene rings is 1. The van der Waals surface area contributed by atoms with E-state index in [-0.39, 0.29) is 5.56 Å². The molecule has 0 atom stereocenters. The number of rotatable bonds is 8. The van der Waals surface area contributed by atoms with Crippen LogP contribution in [0.15, 0.2) is 53.3 Å². The predicted octanol–water partition coefficient (Wildman–Crippen LogP) is 4.15.